The number of hydrogen-bond donors (Lipinski definition) is 1. The van der Waals surface area contributed by atoms with Crippen LogP contribution in [0.15, 0.2) is 54.6 Å². The smallest absolute Gasteiger partial charge is 0.316 e. The van der Waals surface area contributed by atoms with Crippen molar-refractivity contribution >= 4 is 46.8 Å². The molecule has 2 amide bonds. The molecule has 148 valence electrons. The summed E-state index contributed by atoms with van der Waals surface area (Å²) in [6, 6.07) is 16.3. The van der Waals surface area contributed by atoms with Crippen LogP contribution in [0.25, 0.3) is 0 Å². The maximum absolute atomic E-state index is 12.1. The van der Waals surface area contributed by atoms with Crippen LogP contribution in [0.5, 0.6) is 0 Å². The molecule has 1 N–H and O–H groups in total. The minimum absolute atomic E-state index is 0.00116. The van der Waals surface area contributed by atoms with Crippen LogP contribution in [-0.4, -0.2) is 42.9 Å². The molecule has 0 radical (unpaired) electrons. The highest BCUT2D eigenvalue weighted by Gasteiger charge is 2.13. The van der Waals surface area contributed by atoms with Crippen LogP contribution in [0.3, 0.4) is 0 Å². The zero-order valence-electron chi connectivity index (χ0n) is 15.4. The molecule has 6 nitrogen and oxygen atoms in total. The van der Waals surface area contributed by atoms with Gasteiger partial charge in [0.25, 0.3) is 5.91 Å². The van der Waals surface area contributed by atoms with Gasteiger partial charge in [0.15, 0.2) is 6.61 Å². The van der Waals surface area contributed by atoms with E-state index in [0.717, 1.165) is 23.0 Å². The summed E-state index contributed by atoms with van der Waals surface area (Å²) in [5, 5.41) is 3.27. The number of para-hydroxylation sites is 1. The van der Waals surface area contributed by atoms with Crippen LogP contribution in [0.2, 0.25) is 5.02 Å². The van der Waals surface area contributed by atoms with Crippen LogP contribution in [-0.2, 0) is 25.7 Å². The third kappa shape index (κ3) is 7.62. The largest absolute Gasteiger partial charge is 0.455 e. The van der Waals surface area contributed by atoms with Crippen molar-refractivity contribution in [2.24, 2.45) is 0 Å². The molecule has 0 saturated carbocycles. The van der Waals surface area contributed by atoms with Gasteiger partial charge < -0.3 is 15.0 Å². The molecule has 0 aliphatic heterocycles. The Labute approximate surface area is 173 Å². The molecule has 0 heterocycles. The van der Waals surface area contributed by atoms with E-state index < -0.39 is 11.9 Å². The fourth-order valence-electron chi connectivity index (χ4n) is 2.16. The van der Waals surface area contributed by atoms with Crippen molar-refractivity contribution in [3.8, 4) is 0 Å². The van der Waals surface area contributed by atoms with Gasteiger partial charge in [-0.05, 0) is 29.8 Å². The summed E-state index contributed by atoms with van der Waals surface area (Å²) in [6.45, 7) is -0.0343. The first kappa shape index (κ1) is 21.8. The van der Waals surface area contributed by atoms with Gasteiger partial charge in [-0.2, -0.15) is 0 Å². The molecule has 0 unspecified atom stereocenters. The van der Waals surface area contributed by atoms with Crippen molar-refractivity contribution in [3.63, 3.8) is 0 Å². The zero-order chi connectivity index (χ0) is 20.4. The van der Waals surface area contributed by atoms with Crippen LogP contribution >= 0.6 is 23.4 Å². The third-order valence-electron chi connectivity index (χ3n) is 3.73. The van der Waals surface area contributed by atoms with Gasteiger partial charge in [-0.15, -0.1) is 11.8 Å². The van der Waals surface area contributed by atoms with Crippen molar-refractivity contribution in [2.45, 2.75) is 6.54 Å². The van der Waals surface area contributed by atoms with Gasteiger partial charge in [-0.1, -0.05) is 41.9 Å². The second-order valence-electron chi connectivity index (χ2n) is 5.84. The number of nitrogens with zero attached hydrogens (tertiary/aromatic N) is 1. The number of halogens is 1. The van der Waals surface area contributed by atoms with E-state index in [9.17, 15) is 14.4 Å². The molecule has 2 aromatic carbocycles. The number of nitrogens with one attached hydrogen (secondary N) is 1. The Balaban J connectivity index is 1.61. The summed E-state index contributed by atoms with van der Waals surface area (Å²) in [6.07, 6.45) is 0. The van der Waals surface area contributed by atoms with E-state index >= 15 is 0 Å². The predicted octanol–water partition coefficient (Wildman–Crippen LogP) is 2.90. The second-order valence-corrected chi connectivity index (χ2v) is 7.27. The first-order valence-corrected chi connectivity index (χ1v) is 10.0. The van der Waals surface area contributed by atoms with Crippen molar-refractivity contribution in [3.05, 3.63) is 65.2 Å². The summed E-state index contributed by atoms with van der Waals surface area (Å²) >= 11 is 6.94. The number of amides is 2. The SMILES string of the molecule is CN(C(=O)CSCC(=O)OCC(=O)NCc1ccc(Cl)cc1)c1ccccc1. The summed E-state index contributed by atoms with van der Waals surface area (Å²) in [5.41, 5.74) is 1.67. The first-order chi connectivity index (χ1) is 13.5. The van der Waals surface area contributed by atoms with E-state index in [1.165, 1.54) is 4.90 Å². The minimum atomic E-state index is -0.540. The number of carbonyl (C=O) groups excluding carboxylic acids is 3. The monoisotopic (exact) mass is 420 g/mol. The molecule has 2 rings (SSSR count). The molecule has 0 spiro atoms. The lowest BCUT2D eigenvalue weighted by atomic mass is 10.2. The number of ether oxygens (including phenoxy) is 1. The van der Waals surface area contributed by atoms with E-state index in [1.807, 2.05) is 30.3 Å². The van der Waals surface area contributed by atoms with Crippen molar-refractivity contribution < 1.29 is 19.1 Å². The number of benzene rings is 2. The topological polar surface area (TPSA) is 75.7 Å². The van der Waals surface area contributed by atoms with E-state index in [2.05, 4.69) is 5.32 Å². The summed E-state index contributed by atoms with van der Waals surface area (Å²) in [5.74, 6) is -0.915. The number of hydrogen-bond acceptors (Lipinski definition) is 5. The van der Waals surface area contributed by atoms with Gasteiger partial charge >= 0.3 is 5.97 Å². The van der Waals surface area contributed by atoms with Crippen molar-refractivity contribution in [2.75, 3.05) is 30.1 Å². The minimum Gasteiger partial charge on any atom is -0.455 e. The molecule has 0 fully saturated rings. The lowest BCUT2D eigenvalue weighted by Crippen LogP contribution is -2.29. The molecule has 0 aromatic heterocycles. The van der Waals surface area contributed by atoms with Crippen molar-refractivity contribution in [1.29, 1.82) is 0 Å². The number of anilines is 1. The summed E-state index contributed by atoms with van der Waals surface area (Å²) in [7, 11) is 1.68. The Morgan fingerprint density at radius 2 is 1.71 bits per heavy atom. The maximum atomic E-state index is 12.1. The molecule has 0 saturated heterocycles. The lowest BCUT2D eigenvalue weighted by Gasteiger charge is -2.16. The number of carbonyl (C=O) groups is 3. The Kier molecular flexibility index (Phi) is 8.84. The molecular weight excluding hydrogens is 400 g/mol. The van der Waals surface area contributed by atoms with E-state index in [4.69, 9.17) is 16.3 Å². The molecular formula is C20H21ClN2O4S. The summed E-state index contributed by atoms with van der Waals surface area (Å²) < 4.78 is 4.92. The van der Waals surface area contributed by atoms with E-state index in [0.29, 0.717) is 11.6 Å². The van der Waals surface area contributed by atoms with Gasteiger partial charge in [0.1, 0.15) is 0 Å². The molecule has 0 bridgehead atoms. The Morgan fingerprint density at radius 3 is 2.39 bits per heavy atom. The average molecular weight is 421 g/mol. The molecule has 0 aliphatic rings. The van der Waals surface area contributed by atoms with Crippen molar-refractivity contribution in [1.82, 2.24) is 5.32 Å². The van der Waals surface area contributed by atoms with Crippen LogP contribution in [0.4, 0.5) is 5.69 Å². The van der Waals surface area contributed by atoms with Crippen LogP contribution in [0.1, 0.15) is 5.56 Å². The van der Waals surface area contributed by atoms with E-state index in [1.54, 1.807) is 31.3 Å². The molecule has 2 aromatic rings. The number of thioether (sulfide) groups is 1. The van der Waals surface area contributed by atoms with Gasteiger partial charge in [0.2, 0.25) is 5.91 Å². The van der Waals surface area contributed by atoms with Crippen LogP contribution < -0.4 is 10.2 Å². The fraction of sp³-hybridized carbons (Fsp3) is 0.250. The molecule has 0 aliphatic carbocycles. The molecule has 0 atom stereocenters. The number of esters is 1. The highest BCUT2D eigenvalue weighted by atomic mass is 35.5. The highest BCUT2D eigenvalue weighted by Crippen LogP contribution is 2.13. The average Bonchev–Trinajstić information content (AvgIpc) is 2.71. The molecule has 28 heavy (non-hydrogen) atoms. The Bertz CT molecular complexity index is 800. The van der Waals surface area contributed by atoms with E-state index in [-0.39, 0.29) is 24.0 Å². The fourth-order valence-corrected chi connectivity index (χ4v) is 3.00. The third-order valence-corrected chi connectivity index (χ3v) is 4.87. The Morgan fingerprint density at radius 1 is 1.04 bits per heavy atom. The maximum Gasteiger partial charge on any atom is 0.316 e. The van der Waals surface area contributed by atoms with Gasteiger partial charge in [-0.3, -0.25) is 14.4 Å². The highest BCUT2D eigenvalue weighted by molar-refractivity contribution is 8.00. The Hall–Kier alpha value is -2.51. The second kappa shape index (κ2) is 11.4. The lowest BCUT2D eigenvalue weighted by molar-refractivity contribution is -0.145. The van der Waals surface area contributed by atoms with Gasteiger partial charge in [-0.25, -0.2) is 0 Å². The van der Waals surface area contributed by atoms with Gasteiger partial charge in [0, 0.05) is 24.3 Å². The normalized spacial score (nSPS) is 10.2. The first-order valence-electron chi connectivity index (χ1n) is 8.52. The zero-order valence-corrected chi connectivity index (χ0v) is 17.0. The van der Waals surface area contributed by atoms with Crippen LogP contribution in [0, 0.1) is 0 Å². The quantitative estimate of drug-likeness (QED) is 0.631. The van der Waals surface area contributed by atoms with Gasteiger partial charge in [0.05, 0.1) is 11.5 Å². The standard InChI is InChI=1S/C20H21ClN2O4S/c1-23(17-5-3-2-4-6-17)19(25)13-28-14-20(26)27-12-18(24)22-11-15-7-9-16(21)10-8-15/h2-10H,11-14H2,1H3,(H,22,24). The predicted molar refractivity (Wildman–Crippen MR) is 111 cm³/mol. The molecule has 8 heteroatoms. The number of rotatable bonds is 9. The summed E-state index contributed by atoms with van der Waals surface area (Å²) in [4.78, 5) is 37.1.